The number of likely N-dealkylation sites (tertiary alicyclic amines) is 1. The minimum atomic E-state index is -1.12. The molecule has 0 bridgehead atoms. The number of nitrogens with zero attached hydrogens (tertiary/aromatic N) is 2. The first-order valence-corrected chi connectivity index (χ1v) is 12.8. The van der Waals surface area contributed by atoms with Crippen molar-refractivity contribution in [2.75, 3.05) is 13.1 Å². The Labute approximate surface area is 219 Å². The molecule has 2 aromatic heterocycles. The van der Waals surface area contributed by atoms with E-state index >= 15 is 0 Å². The molecule has 0 saturated carbocycles. The number of imidazole rings is 1. The summed E-state index contributed by atoms with van der Waals surface area (Å²) in [7, 11) is 0. The van der Waals surface area contributed by atoms with Crippen LogP contribution in [0.4, 0.5) is 0 Å². The minimum Gasteiger partial charge on any atom is -0.361 e. The summed E-state index contributed by atoms with van der Waals surface area (Å²) >= 11 is 6.08. The van der Waals surface area contributed by atoms with Crippen molar-refractivity contribution in [3.63, 3.8) is 0 Å². The van der Waals surface area contributed by atoms with Gasteiger partial charge in [-0.15, -0.1) is 0 Å². The molecule has 10 heteroatoms. The largest absolute Gasteiger partial charge is 0.361 e. The summed E-state index contributed by atoms with van der Waals surface area (Å²) in [5.74, 6) is -0.538. The molecule has 3 heterocycles. The van der Waals surface area contributed by atoms with Crippen LogP contribution in [0.15, 0.2) is 53.5 Å². The van der Waals surface area contributed by atoms with E-state index in [1.165, 1.54) is 0 Å². The summed E-state index contributed by atoms with van der Waals surface area (Å²) in [6.07, 6.45) is 3.47. The molecule has 1 saturated heterocycles. The molecular weight excluding hydrogens is 492 g/mol. The second-order valence-corrected chi connectivity index (χ2v) is 10.8. The number of para-hydroxylation sites is 1. The maximum absolute atomic E-state index is 13.7. The molecule has 37 heavy (non-hydrogen) atoms. The molecule has 0 unspecified atom stereocenters. The number of piperidine rings is 1. The summed E-state index contributed by atoms with van der Waals surface area (Å²) in [5, 5.41) is 4.47. The van der Waals surface area contributed by atoms with Gasteiger partial charge in [-0.25, -0.2) is 4.79 Å². The smallest absolute Gasteiger partial charge is 0.326 e. The van der Waals surface area contributed by atoms with Crippen LogP contribution in [0.5, 0.6) is 0 Å². The van der Waals surface area contributed by atoms with Crippen LogP contribution in [0.1, 0.15) is 38.3 Å². The molecule has 2 aromatic carbocycles. The fourth-order valence-corrected chi connectivity index (χ4v) is 5.27. The van der Waals surface area contributed by atoms with E-state index in [4.69, 9.17) is 17.3 Å². The van der Waals surface area contributed by atoms with Crippen LogP contribution in [-0.4, -0.2) is 55.9 Å². The lowest BCUT2D eigenvalue weighted by molar-refractivity contribution is -0.138. The van der Waals surface area contributed by atoms with E-state index in [1.54, 1.807) is 35.4 Å². The van der Waals surface area contributed by atoms with Crippen molar-refractivity contribution in [1.29, 1.82) is 0 Å². The van der Waals surface area contributed by atoms with Crippen LogP contribution in [-0.2, 0) is 16.0 Å². The first kappa shape index (κ1) is 25.1. The molecular formula is C27H31ClN6O3. The van der Waals surface area contributed by atoms with Gasteiger partial charge in [0.1, 0.15) is 6.04 Å². The van der Waals surface area contributed by atoms with Crippen molar-refractivity contribution in [2.24, 2.45) is 5.73 Å². The average Bonchev–Trinajstić information content (AvgIpc) is 3.42. The highest BCUT2D eigenvalue weighted by Gasteiger charge is 2.33. The number of rotatable bonds is 6. The van der Waals surface area contributed by atoms with Crippen LogP contribution in [0.3, 0.4) is 0 Å². The summed E-state index contributed by atoms with van der Waals surface area (Å²) in [6.45, 7) is 4.19. The van der Waals surface area contributed by atoms with Crippen LogP contribution < -0.4 is 16.7 Å². The maximum Gasteiger partial charge on any atom is 0.326 e. The van der Waals surface area contributed by atoms with Crippen molar-refractivity contribution in [3.05, 3.63) is 69.7 Å². The van der Waals surface area contributed by atoms with Gasteiger partial charge in [-0.3, -0.25) is 14.2 Å². The molecule has 0 aliphatic carbocycles. The Hall–Kier alpha value is -3.56. The second-order valence-electron chi connectivity index (χ2n) is 10.3. The topological polar surface area (TPSA) is 129 Å². The predicted molar refractivity (Wildman–Crippen MR) is 145 cm³/mol. The summed E-state index contributed by atoms with van der Waals surface area (Å²) in [5.41, 5.74) is 8.14. The molecule has 0 spiro atoms. The predicted octanol–water partition coefficient (Wildman–Crippen LogP) is 3.09. The fraction of sp³-hybridized carbons (Fsp3) is 0.370. The van der Waals surface area contributed by atoms with Crippen LogP contribution in [0.25, 0.3) is 21.9 Å². The molecule has 2 amide bonds. The summed E-state index contributed by atoms with van der Waals surface area (Å²) in [4.78, 5) is 47.1. The molecule has 194 valence electrons. The maximum atomic E-state index is 13.7. The Balaban J connectivity index is 1.35. The molecule has 9 nitrogen and oxygen atoms in total. The van der Waals surface area contributed by atoms with E-state index in [1.807, 2.05) is 36.5 Å². The molecule has 5 N–H and O–H groups in total. The van der Waals surface area contributed by atoms with E-state index in [0.717, 1.165) is 22.0 Å². The Morgan fingerprint density at radius 2 is 1.89 bits per heavy atom. The minimum absolute atomic E-state index is 0.0453. The second kappa shape index (κ2) is 9.72. The van der Waals surface area contributed by atoms with Crippen molar-refractivity contribution in [3.8, 4) is 0 Å². The number of hydrogen-bond donors (Lipinski definition) is 4. The highest BCUT2D eigenvalue weighted by molar-refractivity contribution is 6.31. The van der Waals surface area contributed by atoms with E-state index < -0.39 is 11.6 Å². The van der Waals surface area contributed by atoms with Crippen LogP contribution in [0.2, 0.25) is 5.02 Å². The van der Waals surface area contributed by atoms with E-state index in [-0.39, 0.29) is 23.5 Å². The van der Waals surface area contributed by atoms with E-state index in [9.17, 15) is 14.4 Å². The standard InChI is InChI=1S/C27H31ClN6O3/c1-27(2,29)25(36)31-22(13-16-15-30-20-6-4-3-5-19(16)20)24(35)33-11-9-18(10-12-33)34-23-8-7-17(28)14-21(23)32-26(34)37/h3-8,14-15,18,22,30H,9-13,29H2,1-2H3,(H,31,36)(H,32,37)/t22-/m1/s1. The third-order valence-corrected chi connectivity index (χ3v) is 7.34. The summed E-state index contributed by atoms with van der Waals surface area (Å²) < 4.78 is 1.76. The Morgan fingerprint density at radius 3 is 2.62 bits per heavy atom. The molecule has 1 fully saturated rings. The molecule has 1 atom stereocenters. The molecule has 0 radical (unpaired) electrons. The SMILES string of the molecule is CC(C)(N)C(=O)N[C@H](Cc1c[nH]c2ccccc12)C(=O)N1CCC(n2c(=O)[nH]c3cc(Cl)ccc32)CC1. The zero-order chi connectivity index (χ0) is 26.3. The van der Waals surface area contributed by atoms with E-state index in [0.29, 0.717) is 42.9 Å². The lowest BCUT2D eigenvalue weighted by atomic mass is 9.99. The molecule has 1 aliphatic rings. The summed E-state index contributed by atoms with van der Waals surface area (Å²) in [6, 6.07) is 12.4. The van der Waals surface area contributed by atoms with Crippen molar-refractivity contribution < 1.29 is 9.59 Å². The number of halogens is 1. The monoisotopic (exact) mass is 522 g/mol. The number of hydrogen-bond acceptors (Lipinski definition) is 4. The third-order valence-electron chi connectivity index (χ3n) is 7.11. The number of aromatic amines is 2. The van der Waals surface area contributed by atoms with Crippen LogP contribution in [0, 0.1) is 0 Å². The van der Waals surface area contributed by atoms with Gasteiger partial charge in [-0.2, -0.15) is 0 Å². The third kappa shape index (κ3) is 5.01. The van der Waals surface area contributed by atoms with E-state index in [2.05, 4.69) is 15.3 Å². The van der Waals surface area contributed by atoms with Gasteiger partial charge in [0, 0.05) is 47.7 Å². The number of nitrogens with one attached hydrogen (secondary N) is 3. The number of H-pyrrole nitrogens is 2. The molecule has 4 aromatic rings. The number of aromatic nitrogens is 3. The molecule has 1 aliphatic heterocycles. The first-order chi connectivity index (χ1) is 17.6. The number of nitrogens with two attached hydrogens (primary N) is 1. The average molecular weight is 523 g/mol. The lowest BCUT2D eigenvalue weighted by Crippen LogP contribution is -2.57. The van der Waals surface area contributed by atoms with Gasteiger partial charge in [0.2, 0.25) is 11.8 Å². The van der Waals surface area contributed by atoms with Gasteiger partial charge in [0.05, 0.1) is 16.6 Å². The zero-order valence-electron chi connectivity index (χ0n) is 20.9. The fourth-order valence-electron chi connectivity index (χ4n) is 5.10. The van der Waals surface area contributed by atoms with Gasteiger partial charge in [-0.05, 0) is 56.5 Å². The van der Waals surface area contributed by atoms with Gasteiger partial charge in [0.25, 0.3) is 0 Å². The first-order valence-electron chi connectivity index (χ1n) is 12.4. The quantitative estimate of drug-likeness (QED) is 0.310. The number of carbonyl (C=O) groups excluding carboxylic acids is 2. The normalized spacial score (nSPS) is 15.8. The van der Waals surface area contributed by atoms with Crippen LogP contribution >= 0.6 is 11.6 Å². The Kier molecular flexibility index (Phi) is 6.59. The lowest BCUT2D eigenvalue weighted by Gasteiger charge is -2.35. The van der Waals surface area contributed by atoms with Gasteiger partial charge in [0.15, 0.2) is 0 Å². The zero-order valence-corrected chi connectivity index (χ0v) is 21.6. The van der Waals surface area contributed by atoms with Crippen molar-refractivity contribution in [1.82, 2.24) is 24.8 Å². The number of carbonyl (C=O) groups is 2. The van der Waals surface area contributed by atoms with Crippen molar-refractivity contribution >= 4 is 45.4 Å². The van der Waals surface area contributed by atoms with Gasteiger partial charge in [-0.1, -0.05) is 29.8 Å². The van der Waals surface area contributed by atoms with Gasteiger partial charge >= 0.3 is 5.69 Å². The molecule has 5 rings (SSSR count). The highest BCUT2D eigenvalue weighted by atomic mass is 35.5. The van der Waals surface area contributed by atoms with Crippen molar-refractivity contribution in [2.45, 2.75) is 50.7 Å². The Bertz CT molecular complexity index is 1520. The number of benzene rings is 2. The Morgan fingerprint density at radius 1 is 1.16 bits per heavy atom. The number of fused-ring (bicyclic) bond motifs is 2. The number of amides is 2. The van der Waals surface area contributed by atoms with Gasteiger partial charge < -0.3 is 25.9 Å². The highest BCUT2D eigenvalue weighted by Crippen LogP contribution is 2.27.